The Morgan fingerprint density at radius 2 is 1.84 bits per heavy atom. The quantitative estimate of drug-likeness (QED) is 0.639. The zero-order valence-corrected chi connectivity index (χ0v) is 19.4. The van der Waals surface area contributed by atoms with Crippen LogP contribution in [0.3, 0.4) is 0 Å². The number of halogens is 2. The van der Waals surface area contributed by atoms with E-state index in [1.54, 1.807) is 11.0 Å². The van der Waals surface area contributed by atoms with Gasteiger partial charge in [0.1, 0.15) is 17.0 Å². The largest absolute Gasteiger partial charge is 0.479 e. The van der Waals surface area contributed by atoms with Crippen molar-refractivity contribution in [2.75, 3.05) is 38.2 Å². The molecule has 1 fully saturated rings. The van der Waals surface area contributed by atoms with Crippen molar-refractivity contribution in [3.05, 3.63) is 40.1 Å². The Morgan fingerprint density at radius 1 is 1.16 bits per heavy atom. The maximum Gasteiger partial charge on any atom is 0.412 e. The molecule has 1 aromatic carbocycles. The van der Waals surface area contributed by atoms with Crippen molar-refractivity contribution >= 4 is 52.8 Å². The lowest BCUT2D eigenvalue weighted by Crippen LogP contribution is -2.50. The van der Waals surface area contributed by atoms with E-state index in [9.17, 15) is 9.59 Å². The number of carbonyl (C=O) groups is 2. The maximum atomic E-state index is 12.8. The molecule has 1 atom stereocenters. The number of piperazine rings is 1. The first kappa shape index (κ1) is 22.7. The molecule has 0 spiro atoms. The van der Waals surface area contributed by atoms with Gasteiger partial charge >= 0.3 is 12.1 Å². The first-order valence-corrected chi connectivity index (χ1v) is 11.3. The van der Waals surface area contributed by atoms with Crippen LogP contribution in [0.4, 0.5) is 15.3 Å². The molecule has 2 aliphatic heterocycles. The van der Waals surface area contributed by atoms with Crippen LogP contribution in [-0.2, 0) is 11.3 Å². The van der Waals surface area contributed by atoms with E-state index in [4.69, 9.17) is 38.4 Å². The number of benzene rings is 1. The van der Waals surface area contributed by atoms with Crippen LogP contribution >= 0.6 is 35.0 Å². The third-order valence-corrected chi connectivity index (χ3v) is 6.48. The van der Waals surface area contributed by atoms with Gasteiger partial charge in [0, 0.05) is 42.8 Å². The van der Waals surface area contributed by atoms with Gasteiger partial charge in [0.25, 0.3) is 0 Å². The Hall–Kier alpha value is -2.47. The molecule has 10 nitrogen and oxygen atoms in total. The Morgan fingerprint density at radius 3 is 2.47 bits per heavy atom. The number of urea groups is 1. The first-order valence-electron chi connectivity index (χ1n) is 9.63. The highest BCUT2D eigenvalue weighted by Crippen LogP contribution is 2.46. The number of nitrogens with two attached hydrogens (primary N) is 1. The molecule has 1 unspecified atom stereocenters. The molecular weight excluding hydrogens is 479 g/mol. The number of thioether (sulfide) groups is 1. The van der Waals surface area contributed by atoms with Crippen LogP contribution in [0.15, 0.2) is 29.6 Å². The molecule has 3 amide bonds. The van der Waals surface area contributed by atoms with Crippen LogP contribution in [0.2, 0.25) is 10.0 Å². The molecule has 0 aliphatic carbocycles. The van der Waals surface area contributed by atoms with Crippen molar-refractivity contribution in [1.29, 1.82) is 0 Å². The lowest BCUT2D eigenvalue weighted by Gasteiger charge is -2.35. The van der Waals surface area contributed by atoms with Gasteiger partial charge in [-0.3, -0.25) is 4.90 Å². The van der Waals surface area contributed by atoms with E-state index in [0.29, 0.717) is 47.8 Å². The molecule has 0 saturated carbocycles. The molecule has 0 bridgehead atoms. The third-order valence-electron chi connectivity index (χ3n) is 5.01. The van der Waals surface area contributed by atoms with Crippen molar-refractivity contribution in [2.24, 2.45) is 5.73 Å². The minimum atomic E-state index is -0.993. The van der Waals surface area contributed by atoms with Crippen LogP contribution in [-0.4, -0.2) is 70.7 Å². The van der Waals surface area contributed by atoms with Gasteiger partial charge in [-0.2, -0.15) is 4.98 Å². The number of aromatic nitrogens is 2. The number of primary amides is 1. The average Bonchev–Trinajstić information content (AvgIpc) is 3.11. The van der Waals surface area contributed by atoms with Gasteiger partial charge in [-0.25, -0.2) is 19.5 Å². The molecule has 0 radical (unpaired) electrons. The number of methoxy groups -OCH3 is 1. The van der Waals surface area contributed by atoms with Crippen LogP contribution in [0, 0.1) is 0 Å². The summed E-state index contributed by atoms with van der Waals surface area (Å²) in [6.45, 7) is 2.91. The van der Waals surface area contributed by atoms with Crippen molar-refractivity contribution in [1.82, 2.24) is 19.8 Å². The number of rotatable bonds is 4. The fourth-order valence-corrected chi connectivity index (χ4v) is 5.16. The zero-order valence-electron chi connectivity index (χ0n) is 17.0. The van der Waals surface area contributed by atoms with Gasteiger partial charge in [0.2, 0.25) is 11.4 Å². The van der Waals surface area contributed by atoms with E-state index in [0.717, 1.165) is 22.2 Å². The summed E-state index contributed by atoms with van der Waals surface area (Å²) in [5.74, 6) is 0.176. The number of fused-ring (bicyclic) bond motifs is 1. The number of carbonyl (C=O) groups excluding carboxylic acids is 2. The fourth-order valence-electron chi connectivity index (χ4n) is 3.54. The van der Waals surface area contributed by atoms with Crippen LogP contribution in [0.25, 0.3) is 0 Å². The van der Waals surface area contributed by atoms with Crippen molar-refractivity contribution < 1.29 is 19.1 Å². The molecule has 3 heterocycles. The van der Waals surface area contributed by atoms with Gasteiger partial charge in [-0.1, -0.05) is 23.2 Å². The van der Waals surface area contributed by atoms with Crippen molar-refractivity contribution in [2.45, 2.75) is 17.1 Å². The molecule has 1 saturated heterocycles. The second-order valence-electron chi connectivity index (χ2n) is 7.09. The van der Waals surface area contributed by atoms with E-state index >= 15 is 0 Å². The van der Waals surface area contributed by atoms with E-state index < -0.39 is 17.7 Å². The van der Waals surface area contributed by atoms with E-state index in [2.05, 4.69) is 14.9 Å². The summed E-state index contributed by atoms with van der Waals surface area (Å²) in [6, 6.07) is 4.64. The predicted octanol–water partition coefficient (Wildman–Crippen LogP) is 3.02. The van der Waals surface area contributed by atoms with Crippen molar-refractivity contribution in [3.8, 4) is 5.88 Å². The highest BCUT2D eigenvalue weighted by atomic mass is 35.5. The van der Waals surface area contributed by atoms with Gasteiger partial charge < -0.3 is 20.1 Å². The fraction of sp³-hybridized carbons (Fsp3) is 0.368. The maximum absolute atomic E-state index is 12.8. The molecule has 2 aliphatic rings. The van der Waals surface area contributed by atoms with E-state index in [-0.39, 0.29) is 11.6 Å². The standard InChI is InChI=1S/C19H20Cl2N6O4S/c1-30-15-14-16(24-10-23-15)32-19(27(14)17(22)28)31-18(29)26-4-2-25(3-5-26)9-11-6-12(20)8-13(21)7-11/h6-8,10,19H,2-5,9H2,1H3,(H2,22,28). The summed E-state index contributed by atoms with van der Waals surface area (Å²) in [4.78, 5) is 37.9. The minimum Gasteiger partial charge on any atom is -0.479 e. The van der Waals surface area contributed by atoms with Crippen LogP contribution in [0.1, 0.15) is 5.56 Å². The summed E-state index contributed by atoms with van der Waals surface area (Å²) >= 11 is 13.2. The molecule has 4 rings (SSSR count). The Kier molecular flexibility index (Phi) is 6.79. The zero-order chi connectivity index (χ0) is 22.8. The smallest absolute Gasteiger partial charge is 0.412 e. The average molecular weight is 499 g/mol. The summed E-state index contributed by atoms with van der Waals surface area (Å²) in [5, 5.41) is 1.62. The number of nitrogens with zero attached hydrogens (tertiary/aromatic N) is 5. The number of anilines is 1. The van der Waals surface area contributed by atoms with Gasteiger partial charge in [0.05, 0.1) is 7.11 Å². The predicted molar refractivity (Wildman–Crippen MR) is 120 cm³/mol. The third kappa shape index (κ3) is 4.80. The monoisotopic (exact) mass is 498 g/mol. The van der Waals surface area contributed by atoms with Gasteiger partial charge in [-0.15, -0.1) is 0 Å². The summed E-state index contributed by atoms with van der Waals surface area (Å²) in [6.07, 6.45) is 0.763. The van der Waals surface area contributed by atoms with Gasteiger partial charge in [-0.05, 0) is 35.5 Å². The number of hydrogen-bond acceptors (Lipinski definition) is 8. The van der Waals surface area contributed by atoms with Crippen molar-refractivity contribution in [3.63, 3.8) is 0 Å². The number of ether oxygens (including phenoxy) is 2. The van der Waals surface area contributed by atoms with E-state index in [1.807, 2.05) is 12.1 Å². The van der Waals surface area contributed by atoms with Crippen LogP contribution < -0.4 is 15.4 Å². The molecular formula is C19H20Cl2N6O4S. The lowest BCUT2D eigenvalue weighted by atomic mass is 10.2. The summed E-state index contributed by atoms with van der Waals surface area (Å²) in [5.41, 5.74) is 5.83. The number of hydrogen-bond donors (Lipinski definition) is 1. The highest BCUT2D eigenvalue weighted by molar-refractivity contribution is 8.00. The summed E-state index contributed by atoms with van der Waals surface area (Å²) in [7, 11) is 1.42. The molecule has 170 valence electrons. The lowest BCUT2D eigenvalue weighted by molar-refractivity contribution is 0.0690. The molecule has 2 aromatic rings. The molecule has 32 heavy (non-hydrogen) atoms. The Labute approximate surface area is 198 Å². The Bertz CT molecular complexity index is 1020. The minimum absolute atomic E-state index is 0.176. The SMILES string of the molecule is COc1ncnc2c1N(C(N)=O)C(OC(=O)N1CCN(Cc3cc(Cl)cc(Cl)c3)CC1)S2. The highest BCUT2D eigenvalue weighted by Gasteiger charge is 2.41. The molecule has 1 aromatic heterocycles. The van der Waals surface area contributed by atoms with E-state index in [1.165, 1.54) is 13.4 Å². The second kappa shape index (κ2) is 9.57. The van der Waals surface area contributed by atoms with Gasteiger partial charge in [0.15, 0.2) is 0 Å². The molecule has 2 N–H and O–H groups in total. The second-order valence-corrected chi connectivity index (χ2v) is 8.99. The first-order chi connectivity index (χ1) is 15.4. The number of amides is 3. The Balaban J connectivity index is 1.36. The topological polar surface area (TPSA) is 114 Å². The van der Waals surface area contributed by atoms with Crippen LogP contribution in [0.5, 0.6) is 5.88 Å². The summed E-state index contributed by atoms with van der Waals surface area (Å²) < 4.78 is 10.8. The molecule has 13 heteroatoms. The normalized spacial score (nSPS) is 18.4.